The topological polar surface area (TPSA) is 42.0 Å². The Balaban J connectivity index is 2.13. The molecule has 0 unspecified atom stereocenters. The Morgan fingerprint density at radius 2 is 1.95 bits per heavy atom. The quantitative estimate of drug-likeness (QED) is 0.930. The van der Waals surface area contributed by atoms with Gasteiger partial charge in [-0.2, -0.15) is 0 Å². The molecule has 0 saturated heterocycles. The number of aromatic nitrogens is 1. The minimum Gasteiger partial charge on any atom is -0.346 e. The molecule has 0 aliphatic rings. The number of amides is 1. The number of pyridine rings is 1. The monoisotopic (exact) mass is 340 g/mol. The minimum absolute atomic E-state index is 0.107. The number of halogens is 3. The van der Waals surface area contributed by atoms with Crippen molar-refractivity contribution in [2.45, 2.75) is 13.5 Å². The third-order valence-corrected chi connectivity index (χ3v) is 3.07. The smallest absolute Gasteiger partial charge is 0.257 e. The Labute approximate surface area is 123 Å². The fourth-order valence-electron chi connectivity index (χ4n) is 1.72. The van der Waals surface area contributed by atoms with Crippen molar-refractivity contribution in [3.05, 3.63) is 63.4 Å². The summed E-state index contributed by atoms with van der Waals surface area (Å²) in [5, 5.41) is 2.45. The number of nitrogens with one attached hydrogen (secondary N) is 1. The second-order valence-corrected chi connectivity index (χ2v) is 5.11. The average molecular weight is 341 g/mol. The molecule has 1 amide bonds. The Hall–Kier alpha value is -1.82. The lowest BCUT2D eigenvalue weighted by Gasteiger charge is -2.07. The SMILES string of the molecule is Cc1cccc(CNC(=O)c2c(F)cc(Br)cc2F)n1. The molecule has 2 rings (SSSR count). The molecule has 3 nitrogen and oxygen atoms in total. The van der Waals surface area contributed by atoms with Gasteiger partial charge in [-0.05, 0) is 31.2 Å². The van der Waals surface area contributed by atoms with Gasteiger partial charge in [-0.3, -0.25) is 9.78 Å². The van der Waals surface area contributed by atoms with Crippen molar-refractivity contribution in [3.63, 3.8) is 0 Å². The van der Waals surface area contributed by atoms with Gasteiger partial charge in [0, 0.05) is 10.2 Å². The summed E-state index contributed by atoms with van der Waals surface area (Å²) in [6.45, 7) is 1.93. The van der Waals surface area contributed by atoms with E-state index in [0.29, 0.717) is 5.69 Å². The van der Waals surface area contributed by atoms with Crippen LogP contribution in [0.2, 0.25) is 0 Å². The van der Waals surface area contributed by atoms with E-state index in [0.717, 1.165) is 17.8 Å². The van der Waals surface area contributed by atoms with Crippen molar-refractivity contribution in [2.24, 2.45) is 0 Å². The van der Waals surface area contributed by atoms with Crippen LogP contribution in [0.3, 0.4) is 0 Å². The van der Waals surface area contributed by atoms with E-state index >= 15 is 0 Å². The summed E-state index contributed by atoms with van der Waals surface area (Å²) in [7, 11) is 0. The summed E-state index contributed by atoms with van der Waals surface area (Å²) in [5.41, 5.74) is 0.829. The highest BCUT2D eigenvalue weighted by molar-refractivity contribution is 9.10. The summed E-state index contributed by atoms with van der Waals surface area (Å²) < 4.78 is 27.5. The first-order valence-electron chi connectivity index (χ1n) is 5.82. The van der Waals surface area contributed by atoms with Crippen molar-refractivity contribution in [1.82, 2.24) is 10.3 Å². The van der Waals surface area contributed by atoms with E-state index in [4.69, 9.17) is 0 Å². The largest absolute Gasteiger partial charge is 0.346 e. The lowest BCUT2D eigenvalue weighted by molar-refractivity contribution is 0.0942. The first-order chi connectivity index (χ1) is 9.47. The summed E-state index contributed by atoms with van der Waals surface area (Å²) in [6.07, 6.45) is 0. The van der Waals surface area contributed by atoms with Gasteiger partial charge >= 0.3 is 0 Å². The van der Waals surface area contributed by atoms with Crippen molar-refractivity contribution in [3.8, 4) is 0 Å². The molecule has 0 spiro atoms. The molecule has 0 fully saturated rings. The molecule has 1 heterocycles. The zero-order chi connectivity index (χ0) is 14.7. The van der Waals surface area contributed by atoms with Crippen LogP contribution in [0.5, 0.6) is 0 Å². The highest BCUT2D eigenvalue weighted by Crippen LogP contribution is 2.19. The standard InChI is InChI=1S/C14H11BrF2N2O/c1-8-3-2-4-10(19-8)7-18-14(20)13-11(16)5-9(15)6-12(13)17/h2-6H,7H2,1H3,(H,18,20). The molecule has 2 aromatic rings. The zero-order valence-corrected chi connectivity index (χ0v) is 12.2. The first kappa shape index (κ1) is 14.6. The molecule has 0 atom stereocenters. The average Bonchev–Trinajstić information content (AvgIpc) is 2.35. The van der Waals surface area contributed by atoms with E-state index in [-0.39, 0.29) is 11.0 Å². The molecule has 1 aromatic carbocycles. The summed E-state index contributed by atoms with van der Waals surface area (Å²) in [6, 6.07) is 7.43. The van der Waals surface area contributed by atoms with Gasteiger partial charge < -0.3 is 5.32 Å². The predicted octanol–water partition coefficient (Wildman–Crippen LogP) is 3.36. The number of carbonyl (C=O) groups excluding carboxylic acids is 1. The molecule has 0 aliphatic carbocycles. The van der Waals surface area contributed by atoms with Gasteiger partial charge in [0.1, 0.15) is 17.2 Å². The van der Waals surface area contributed by atoms with E-state index < -0.39 is 23.1 Å². The first-order valence-corrected chi connectivity index (χ1v) is 6.62. The fraction of sp³-hybridized carbons (Fsp3) is 0.143. The maximum atomic E-state index is 13.6. The fourth-order valence-corrected chi connectivity index (χ4v) is 2.12. The van der Waals surface area contributed by atoms with Gasteiger partial charge in [0.2, 0.25) is 0 Å². The number of benzene rings is 1. The third kappa shape index (κ3) is 3.39. The third-order valence-electron chi connectivity index (χ3n) is 2.61. The van der Waals surface area contributed by atoms with Crippen molar-refractivity contribution < 1.29 is 13.6 Å². The summed E-state index contributed by atoms with van der Waals surface area (Å²) in [5.74, 6) is -2.63. The van der Waals surface area contributed by atoms with Crippen LogP contribution in [-0.2, 0) is 6.54 Å². The van der Waals surface area contributed by atoms with E-state index in [1.54, 1.807) is 12.1 Å². The van der Waals surface area contributed by atoms with Crippen LogP contribution < -0.4 is 5.32 Å². The van der Waals surface area contributed by atoms with Crippen LogP contribution in [0.1, 0.15) is 21.7 Å². The molecule has 0 bridgehead atoms. The number of rotatable bonds is 3. The number of hydrogen-bond acceptors (Lipinski definition) is 2. The van der Waals surface area contributed by atoms with Gasteiger partial charge in [-0.25, -0.2) is 8.78 Å². The van der Waals surface area contributed by atoms with Gasteiger partial charge in [0.05, 0.1) is 12.2 Å². The van der Waals surface area contributed by atoms with Crippen LogP contribution in [0, 0.1) is 18.6 Å². The molecular weight excluding hydrogens is 330 g/mol. The minimum atomic E-state index is -0.911. The van der Waals surface area contributed by atoms with E-state index in [2.05, 4.69) is 26.2 Å². The van der Waals surface area contributed by atoms with Gasteiger partial charge in [0.15, 0.2) is 0 Å². The van der Waals surface area contributed by atoms with Crippen molar-refractivity contribution in [1.29, 1.82) is 0 Å². The molecule has 6 heteroatoms. The molecule has 0 radical (unpaired) electrons. The van der Waals surface area contributed by atoms with Crippen LogP contribution >= 0.6 is 15.9 Å². The van der Waals surface area contributed by atoms with Crippen LogP contribution in [0.15, 0.2) is 34.8 Å². The summed E-state index contributed by atoms with van der Waals surface area (Å²) >= 11 is 2.96. The lowest BCUT2D eigenvalue weighted by Crippen LogP contribution is -2.25. The predicted molar refractivity (Wildman–Crippen MR) is 74.2 cm³/mol. The number of nitrogens with zero attached hydrogens (tertiary/aromatic N) is 1. The molecule has 0 aliphatic heterocycles. The van der Waals surface area contributed by atoms with Crippen molar-refractivity contribution in [2.75, 3.05) is 0 Å². The van der Waals surface area contributed by atoms with Crippen molar-refractivity contribution >= 4 is 21.8 Å². The molecule has 1 aromatic heterocycles. The maximum Gasteiger partial charge on any atom is 0.257 e. The number of aryl methyl sites for hydroxylation is 1. The Kier molecular flexibility index (Phi) is 4.44. The number of hydrogen-bond donors (Lipinski definition) is 1. The Bertz CT molecular complexity index is 638. The molecule has 0 saturated carbocycles. The Morgan fingerprint density at radius 1 is 1.30 bits per heavy atom. The van der Waals surface area contributed by atoms with E-state index in [1.165, 1.54) is 0 Å². The van der Waals surface area contributed by atoms with E-state index in [9.17, 15) is 13.6 Å². The molecule has 104 valence electrons. The molecule has 1 N–H and O–H groups in total. The molecule has 20 heavy (non-hydrogen) atoms. The highest BCUT2D eigenvalue weighted by Gasteiger charge is 2.18. The van der Waals surface area contributed by atoms with Crippen LogP contribution in [0.25, 0.3) is 0 Å². The van der Waals surface area contributed by atoms with E-state index in [1.807, 2.05) is 13.0 Å². The highest BCUT2D eigenvalue weighted by atomic mass is 79.9. The zero-order valence-electron chi connectivity index (χ0n) is 10.6. The van der Waals surface area contributed by atoms with Crippen LogP contribution in [-0.4, -0.2) is 10.9 Å². The van der Waals surface area contributed by atoms with Gasteiger partial charge in [-0.1, -0.05) is 22.0 Å². The lowest BCUT2D eigenvalue weighted by atomic mass is 10.2. The van der Waals surface area contributed by atoms with Gasteiger partial charge in [0.25, 0.3) is 5.91 Å². The Morgan fingerprint density at radius 3 is 2.55 bits per heavy atom. The second-order valence-electron chi connectivity index (χ2n) is 4.20. The summed E-state index contributed by atoms with van der Waals surface area (Å²) in [4.78, 5) is 16.0. The van der Waals surface area contributed by atoms with Gasteiger partial charge in [-0.15, -0.1) is 0 Å². The second kappa shape index (κ2) is 6.09. The maximum absolute atomic E-state index is 13.6. The normalized spacial score (nSPS) is 10.4. The molecular formula is C14H11BrF2N2O. The number of carbonyl (C=O) groups is 1. The van der Waals surface area contributed by atoms with Crippen LogP contribution in [0.4, 0.5) is 8.78 Å².